The molecule has 0 atom stereocenters. The second kappa shape index (κ2) is 4.53. The quantitative estimate of drug-likeness (QED) is 0.832. The lowest BCUT2D eigenvalue weighted by Gasteiger charge is -2.25. The summed E-state index contributed by atoms with van der Waals surface area (Å²) in [4.78, 5) is 25.7. The standard InChI is InChI=1S/C15H16N2O2/c1-2-6-16-15(19)12-8-10-3-4-13(18)17-7-5-11(9-12)14(10)17/h2,8-9H,1,3-7H2,(H,16,19). The van der Waals surface area contributed by atoms with Crippen LogP contribution in [0.5, 0.6) is 0 Å². The van der Waals surface area contributed by atoms with Crippen molar-refractivity contribution in [2.75, 3.05) is 18.0 Å². The molecular formula is C15H16N2O2. The Kier molecular flexibility index (Phi) is 2.85. The van der Waals surface area contributed by atoms with E-state index in [1.807, 2.05) is 17.0 Å². The van der Waals surface area contributed by atoms with E-state index in [9.17, 15) is 9.59 Å². The van der Waals surface area contributed by atoms with Crippen molar-refractivity contribution in [2.24, 2.45) is 0 Å². The van der Waals surface area contributed by atoms with E-state index in [0.717, 1.165) is 36.2 Å². The van der Waals surface area contributed by atoms with Crippen molar-refractivity contribution in [3.8, 4) is 0 Å². The highest BCUT2D eigenvalue weighted by molar-refractivity contribution is 6.01. The van der Waals surface area contributed by atoms with Crippen LogP contribution in [-0.4, -0.2) is 24.9 Å². The van der Waals surface area contributed by atoms with E-state index in [-0.39, 0.29) is 11.8 Å². The van der Waals surface area contributed by atoms with Crippen LogP contribution in [0.25, 0.3) is 0 Å². The molecule has 0 aromatic heterocycles. The minimum absolute atomic E-state index is 0.0747. The molecule has 0 bridgehead atoms. The molecule has 2 aliphatic rings. The lowest BCUT2D eigenvalue weighted by Crippen LogP contribution is -2.33. The molecule has 3 rings (SSSR count). The van der Waals surface area contributed by atoms with Gasteiger partial charge in [-0.15, -0.1) is 6.58 Å². The Morgan fingerprint density at radius 1 is 1.32 bits per heavy atom. The Morgan fingerprint density at radius 3 is 2.79 bits per heavy atom. The van der Waals surface area contributed by atoms with E-state index < -0.39 is 0 Å². The van der Waals surface area contributed by atoms with E-state index in [2.05, 4.69) is 11.9 Å². The van der Waals surface area contributed by atoms with Crippen LogP contribution in [0.3, 0.4) is 0 Å². The number of amides is 2. The highest BCUT2D eigenvalue weighted by Gasteiger charge is 2.31. The molecular weight excluding hydrogens is 240 g/mol. The first-order chi connectivity index (χ1) is 9.20. The van der Waals surface area contributed by atoms with Gasteiger partial charge in [-0.1, -0.05) is 6.08 Å². The minimum Gasteiger partial charge on any atom is -0.349 e. The van der Waals surface area contributed by atoms with Crippen LogP contribution in [0.2, 0.25) is 0 Å². The molecule has 0 radical (unpaired) electrons. The van der Waals surface area contributed by atoms with Crippen LogP contribution in [0, 0.1) is 0 Å². The largest absolute Gasteiger partial charge is 0.349 e. The van der Waals surface area contributed by atoms with E-state index >= 15 is 0 Å². The summed E-state index contributed by atoms with van der Waals surface area (Å²) >= 11 is 0. The molecule has 4 heteroatoms. The van der Waals surface area contributed by atoms with Gasteiger partial charge in [0.15, 0.2) is 0 Å². The molecule has 0 spiro atoms. The summed E-state index contributed by atoms with van der Waals surface area (Å²) in [5.74, 6) is 0.129. The van der Waals surface area contributed by atoms with Crippen molar-refractivity contribution in [3.05, 3.63) is 41.5 Å². The third kappa shape index (κ3) is 1.93. The van der Waals surface area contributed by atoms with Crippen molar-refractivity contribution in [2.45, 2.75) is 19.3 Å². The number of hydrogen-bond acceptors (Lipinski definition) is 2. The molecule has 0 saturated heterocycles. The summed E-state index contributed by atoms with van der Waals surface area (Å²) in [6.45, 7) is 4.80. The van der Waals surface area contributed by atoms with Gasteiger partial charge in [-0.05, 0) is 36.1 Å². The number of anilines is 1. The molecule has 98 valence electrons. The monoisotopic (exact) mass is 256 g/mol. The van der Waals surface area contributed by atoms with Crippen LogP contribution in [0.15, 0.2) is 24.8 Å². The topological polar surface area (TPSA) is 49.4 Å². The summed E-state index contributed by atoms with van der Waals surface area (Å²) in [6, 6.07) is 3.83. The van der Waals surface area contributed by atoms with Crippen LogP contribution >= 0.6 is 0 Å². The van der Waals surface area contributed by atoms with Gasteiger partial charge >= 0.3 is 0 Å². The molecule has 2 aliphatic heterocycles. The lowest BCUT2D eigenvalue weighted by molar-refractivity contribution is -0.118. The van der Waals surface area contributed by atoms with Gasteiger partial charge in [0.05, 0.1) is 5.69 Å². The van der Waals surface area contributed by atoms with E-state index in [1.165, 1.54) is 0 Å². The number of carbonyl (C=O) groups is 2. The molecule has 19 heavy (non-hydrogen) atoms. The van der Waals surface area contributed by atoms with Gasteiger partial charge in [-0.2, -0.15) is 0 Å². The molecule has 2 amide bonds. The van der Waals surface area contributed by atoms with Crippen molar-refractivity contribution < 1.29 is 9.59 Å². The zero-order chi connectivity index (χ0) is 13.4. The molecule has 0 fully saturated rings. The predicted molar refractivity (Wildman–Crippen MR) is 73.4 cm³/mol. The molecule has 0 unspecified atom stereocenters. The van der Waals surface area contributed by atoms with Gasteiger partial charge < -0.3 is 10.2 Å². The highest BCUT2D eigenvalue weighted by atomic mass is 16.2. The van der Waals surface area contributed by atoms with Gasteiger partial charge in [0.1, 0.15) is 0 Å². The van der Waals surface area contributed by atoms with Crippen LogP contribution in [0.4, 0.5) is 5.69 Å². The van der Waals surface area contributed by atoms with Crippen LogP contribution in [0.1, 0.15) is 27.9 Å². The Balaban J connectivity index is 1.97. The number of benzene rings is 1. The van der Waals surface area contributed by atoms with E-state index in [0.29, 0.717) is 18.5 Å². The molecule has 2 heterocycles. The maximum absolute atomic E-state index is 12.0. The SMILES string of the molecule is C=CCNC(=O)c1cc2c3c(c1)CCN3C(=O)CC2. The number of aryl methyl sites for hydroxylation is 1. The number of nitrogens with zero attached hydrogens (tertiary/aromatic N) is 1. The third-order valence-corrected chi connectivity index (χ3v) is 3.72. The van der Waals surface area contributed by atoms with Gasteiger partial charge in [-0.25, -0.2) is 0 Å². The normalized spacial score (nSPS) is 16.2. The third-order valence-electron chi connectivity index (χ3n) is 3.72. The zero-order valence-corrected chi connectivity index (χ0v) is 10.7. The second-order valence-electron chi connectivity index (χ2n) is 4.94. The summed E-state index contributed by atoms with van der Waals surface area (Å²) in [7, 11) is 0. The van der Waals surface area contributed by atoms with Crippen molar-refractivity contribution in [3.63, 3.8) is 0 Å². The van der Waals surface area contributed by atoms with Gasteiger partial charge in [-0.3, -0.25) is 9.59 Å². The Bertz CT molecular complexity index is 578. The van der Waals surface area contributed by atoms with Gasteiger partial charge in [0.25, 0.3) is 5.91 Å². The molecule has 1 aromatic carbocycles. The molecule has 1 aromatic rings. The fourth-order valence-electron chi connectivity index (χ4n) is 2.86. The molecule has 0 aliphatic carbocycles. The smallest absolute Gasteiger partial charge is 0.251 e. The first-order valence-corrected chi connectivity index (χ1v) is 6.56. The fourth-order valence-corrected chi connectivity index (χ4v) is 2.86. The summed E-state index contributed by atoms with van der Waals surface area (Å²) in [5.41, 5.74) is 3.98. The molecule has 0 saturated carbocycles. The Morgan fingerprint density at radius 2 is 2.05 bits per heavy atom. The van der Waals surface area contributed by atoms with E-state index in [1.54, 1.807) is 6.08 Å². The first kappa shape index (κ1) is 12.0. The number of carbonyl (C=O) groups excluding carboxylic acids is 2. The summed E-state index contributed by atoms with van der Waals surface area (Å²) in [6.07, 6.45) is 3.79. The average Bonchev–Trinajstić information content (AvgIpc) is 2.85. The van der Waals surface area contributed by atoms with Gasteiger partial charge in [0, 0.05) is 25.1 Å². The van der Waals surface area contributed by atoms with Crippen LogP contribution in [-0.2, 0) is 17.6 Å². The van der Waals surface area contributed by atoms with E-state index in [4.69, 9.17) is 0 Å². The number of nitrogens with one attached hydrogen (secondary N) is 1. The second-order valence-corrected chi connectivity index (χ2v) is 4.94. The van der Waals surface area contributed by atoms with Crippen molar-refractivity contribution in [1.29, 1.82) is 0 Å². The zero-order valence-electron chi connectivity index (χ0n) is 10.7. The number of hydrogen-bond donors (Lipinski definition) is 1. The number of rotatable bonds is 3. The average molecular weight is 256 g/mol. The summed E-state index contributed by atoms with van der Waals surface area (Å²) < 4.78 is 0. The first-order valence-electron chi connectivity index (χ1n) is 6.56. The molecule has 4 nitrogen and oxygen atoms in total. The lowest BCUT2D eigenvalue weighted by atomic mass is 9.96. The fraction of sp³-hybridized carbons (Fsp3) is 0.333. The molecule has 1 N–H and O–H groups in total. The minimum atomic E-state index is -0.0747. The Hall–Kier alpha value is -2.10. The van der Waals surface area contributed by atoms with Crippen molar-refractivity contribution >= 4 is 17.5 Å². The maximum Gasteiger partial charge on any atom is 0.251 e. The Labute approximate surface area is 112 Å². The van der Waals surface area contributed by atoms with Gasteiger partial charge in [0.2, 0.25) is 5.91 Å². The maximum atomic E-state index is 12.0. The predicted octanol–water partition coefficient (Wildman–Crippen LogP) is 1.44. The van der Waals surface area contributed by atoms with Crippen molar-refractivity contribution in [1.82, 2.24) is 5.32 Å². The van der Waals surface area contributed by atoms with Crippen LogP contribution < -0.4 is 10.2 Å². The summed E-state index contributed by atoms with van der Waals surface area (Å²) in [5, 5.41) is 2.79. The highest BCUT2D eigenvalue weighted by Crippen LogP contribution is 2.37.